The van der Waals surface area contributed by atoms with E-state index in [0.717, 1.165) is 28.6 Å². The number of fused-ring (bicyclic) bond motifs is 1. The minimum absolute atomic E-state index is 0.0440. The van der Waals surface area contributed by atoms with Gasteiger partial charge >= 0.3 is 0 Å². The van der Waals surface area contributed by atoms with E-state index < -0.39 is 17.7 Å². The number of aromatic amines is 1. The molecule has 2 aromatic carbocycles. The molecule has 22 heavy (non-hydrogen) atoms. The van der Waals surface area contributed by atoms with Gasteiger partial charge in [-0.1, -0.05) is 24.3 Å². The molecule has 0 aliphatic carbocycles. The maximum absolute atomic E-state index is 13.6. The molecule has 0 saturated heterocycles. The highest BCUT2D eigenvalue weighted by molar-refractivity contribution is 5.81. The first-order valence-corrected chi connectivity index (χ1v) is 6.90. The lowest BCUT2D eigenvalue weighted by Gasteiger charge is -2.14. The minimum atomic E-state index is -1.25. The number of halogens is 2. The smallest absolute Gasteiger partial charge is 0.131 e. The van der Waals surface area contributed by atoms with Gasteiger partial charge in [0.1, 0.15) is 11.6 Å². The van der Waals surface area contributed by atoms with Crippen LogP contribution < -0.4 is 5.32 Å². The Hall–Kier alpha value is -2.31. The van der Waals surface area contributed by atoms with E-state index in [4.69, 9.17) is 0 Å². The van der Waals surface area contributed by atoms with Crippen molar-refractivity contribution < 1.29 is 13.9 Å². The van der Waals surface area contributed by atoms with Crippen LogP contribution in [0.4, 0.5) is 8.78 Å². The SMILES string of the molecule is OC(CNCc1cccc2cn[nH]c12)c1c(F)cccc1F. The quantitative estimate of drug-likeness (QED) is 0.679. The fourth-order valence-corrected chi connectivity index (χ4v) is 2.45. The van der Waals surface area contributed by atoms with Crippen LogP contribution in [0, 0.1) is 11.6 Å². The molecule has 0 radical (unpaired) electrons. The van der Waals surface area contributed by atoms with Crippen LogP contribution >= 0.6 is 0 Å². The number of aliphatic hydroxyl groups excluding tert-OH is 1. The van der Waals surface area contributed by atoms with E-state index in [1.165, 1.54) is 6.07 Å². The molecule has 1 unspecified atom stereocenters. The van der Waals surface area contributed by atoms with Crippen LogP contribution in [-0.4, -0.2) is 21.8 Å². The molecule has 0 saturated carbocycles. The molecule has 3 rings (SSSR count). The first kappa shape index (κ1) is 14.6. The Morgan fingerprint density at radius 1 is 1.14 bits per heavy atom. The van der Waals surface area contributed by atoms with Crippen LogP contribution in [0.3, 0.4) is 0 Å². The van der Waals surface area contributed by atoms with Crippen molar-refractivity contribution in [2.45, 2.75) is 12.6 Å². The zero-order valence-corrected chi connectivity index (χ0v) is 11.7. The fourth-order valence-electron chi connectivity index (χ4n) is 2.45. The number of hydrogen-bond acceptors (Lipinski definition) is 3. The molecule has 114 valence electrons. The Morgan fingerprint density at radius 3 is 2.64 bits per heavy atom. The Morgan fingerprint density at radius 2 is 1.86 bits per heavy atom. The summed E-state index contributed by atoms with van der Waals surface area (Å²) in [6, 6.07) is 9.30. The molecule has 0 fully saturated rings. The molecule has 0 spiro atoms. The topological polar surface area (TPSA) is 60.9 Å². The molecular weight excluding hydrogens is 288 g/mol. The summed E-state index contributed by atoms with van der Waals surface area (Å²) in [7, 11) is 0. The molecule has 6 heteroatoms. The molecule has 0 amide bonds. The molecule has 0 aliphatic heterocycles. The van der Waals surface area contributed by atoms with Crippen molar-refractivity contribution in [3.8, 4) is 0 Å². The van der Waals surface area contributed by atoms with Crippen molar-refractivity contribution in [1.29, 1.82) is 0 Å². The Bertz CT molecular complexity index is 768. The van der Waals surface area contributed by atoms with Gasteiger partial charge in [0, 0.05) is 18.5 Å². The number of para-hydroxylation sites is 1. The molecule has 3 N–H and O–H groups in total. The summed E-state index contributed by atoms with van der Waals surface area (Å²) in [5.74, 6) is -1.49. The molecule has 1 aromatic heterocycles. The van der Waals surface area contributed by atoms with E-state index in [-0.39, 0.29) is 12.1 Å². The first-order valence-electron chi connectivity index (χ1n) is 6.90. The maximum atomic E-state index is 13.6. The van der Waals surface area contributed by atoms with Gasteiger partial charge in [0.25, 0.3) is 0 Å². The Kier molecular flexibility index (Phi) is 4.13. The second-order valence-corrected chi connectivity index (χ2v) is 5.03. The summed E-state index contributed by atoms with van der Waals surface area (Å²) in [5, 5.41) is 20.8. The van der Waals surface area contributed by atoms with Gasteiger partial charge in [-0.2, -0.15) is 5.10 Å². The average molecular weight is 303 g/mol. The van der Waals surface area contributed by atoms with Gasteiger partial charge in [-0.25, -0.2) is 8.78 Å². The summed E-state index contributed by atoms with van der Waals surface area (Å²) < 4.78 is 27.2. The van der Waals surface area contributed by atoms with Crippen LogP contribution in [0.1, 0.15) is 17.2 Å². The van der Waals surface area contributed by atoms with Gasteiger partial charge in [0.05, 0.1) is 23.4 Å². The first-order chi connectivity index (χ1) is 10.7. The molecule has 1 heterocycles. The Balaban J connectivity index is 1.67. The van der Waals surface area contributed by atoms with Crippen LogP contribution in [-0.2, 0) is 6.54 Å². The lowest BCUT2D eigenvalue weighted by atomic mass is 10.1. The molecule has 1 atom stereocenters. The highest BCUT2D eigenvalue weighted by Crippen LogP contribution is 2.20. The normalized spacial score (nSPS) is 12.7. The van der Waals surface area contributed by atoms with E-state index >= 15 is 0 Å². The Labute approximate surface area is 125 Å². The number of aliphatic hydroxyl groups is 1. The lowest BCUT2D eigenvalue weighted by molar-refractivity contribution is 0.164. The number of hydrogen-bond donors (Lipinski definition) is 3. The van der Waals surface area contributed by atoms with E-state index in [0.29, 0.717) is 6.54 Å². The van der Waals surface area contributed by atoms with Crippen molar-refractivity contribution in [3.63, 3.8) is 0 Å². The summed E-state index contributed by atoms with van der Waals surface area (Å²) in [5.41, 5.74) is 1.56. The zero-order valence-electron chi connectivity index (χ0n) is 11.7. The third kappa shape index (κ3) is 2.84. The maximum Gasteiger partial charge on any atom is 0.131 e. The number of benzene rings is 2. The third-order valence-electron chi connectivity index (χ3n) is 3.55. The van der Waals surface area contributed by atoms with Crippen molar-refractivity contribution >= 4 is 10.9 Å². The van der Waals surface area contributed by atoms with E-state index in [2.05, 4.69) is 15.5 Å². The predicted octanol–water partition coefficient (Wildman–Crippen LogP) is 2.66. The van der Waals surface area contributed by atoms with Gasteiger partial charge in [-0.05, 0) is 17.7 Å². The second-order valence-electron chi connectivity index (χ2n) is 5.03. The summed E-state index contributed by atoms with van der Waals surface area (Å²) in [6.07, 6.45) is 0.477. The largest absolute Gasteiger partial charge is 0.387 e. The van der Waals surface area contributed by atoms with Crippen LogP contribution in [0.15, 0.2) is 42.6 Å². The van der Waals surface area contributed by atoms with E-state index in [1.807, 2.05) is 18.2 Å². The lowest BCUT2D eigenvalue weighted by Crippen LogP contribution is -2.22. The molecular formula is C16H15F2N3O. The van der Waals surface area contributed by atoms with Gasteiger partial charge in [-0.15, -0.1) is 0 Å². The summed E-state index contributed by atoms with van der Waals surface area (Å²) in [4.78, 5) is 0. The fraction of sp³-hybridized carbons (Fsp3) is 0.188. The second kappa shape index (κ2) is 6.21. The number of H-pyrrole nitrogens is 1. The van der Waals surface area contributed by atoms with Crippen molar-refractivity contribution in [2.24, 2.45) is 0 Å². The van der Waals surface area contributed by atoms with Crippen LogP contribution in [0.2, 0.25) is 0 Å². The van der Waals surface area contributed by atoms with E-state index in [1.54, 1.807) is 6.20 Å². The van der Waals surface area contributed by atoms with Crippen molar-refractivity contribution in [2.75, 3.05) is 6.54 Å². The monoisotopic (exact) mass is 303 g/mol. The van der Waals surface area contributed by atoms with Gasteiger partial charge < -0.3 is 10.4 Å². The van der Waals surface area contributed by atoms with Gasteiger partial charge in [0.2, 0.25) is 0 Å². The predicted molar refractivity (Wildman–Crippen MR) is 79.1 cm³/mol. The zero-order chi connectivity index (χ0) is 15.5. The number of aromatic nitrogens is 2. The number of nitrogens with one attached hydrogen (secondary N) is 2. The van der Waals surface area contributed by atoms with E-state index in [9.17, 15) is 13.9 Å². The van der Waals surface area contributed by atoms with Gasteiger partial charge in [0.15, 0.2) is 0 Å². The van der Waals surface area contributed by atoms with Gasteiger partial charge in [-0.3, -0.25) is 5.10 Å². The van der Waals surface area contributed by atoms with Crippen molar-refractivity contribution in [3.05, 3.63) is 65.4 Å². The highest BCUT2D eigenvalue weighted by atomic mass is 19.1. The summed E-state index contributed by atoms with van der Waals surface area (Å²) in [6.45, 7) is 0.495. The minimum Gasteiger partial charge on any atom is -0.387 e. The van der Waals surface area contributed by atoms with Crippen molar-refractivity contribution in [1.82, 2.24) is 15.5 Å². The molecule has 3 aromatic rings. The molecule has 0 aliphatic rings. The average Bonchev–Trinajstić information content (AvgIpc) is 2.96. The standard InChI is InChI=1S/C16H15F2N3O/c17-12-5-2-6-13(18)15(12)14(22)9-19-7-10-3-1-4-11-8-20-21-16(10)11/h1-6,8,14,19,22H,7,9H2,(H,20,21). The molecule has 0 bridgehead atoms. The van der Waals surface area contributed by atoms with Crippen LogP contribution in [0.25, 0.3) is 10.9 Å². The number of nitrogens with zero attached hydrogens (tertiary/aromatic N) is 1. The molecule has 4 nitrogen and oxygen atoms in total. The van der Waals surface area contributed by atoms with Crippen LogP contribution in [0.5, 0.6) is 0 Å². The number of rotatable bonds is 5. The summed E-state index contributed by atoms with van der Waals surface area (Å²) >= 11 is 0. The highest BCUT2D eigenvalue weighted by Gasteiger charge is 2.17. The third-order valence-corrected chi connectivity index (χ3v) is 3.55.